The van der Waals surface area contributed by atoms with Crippen molar-refractivity contribution in [3.63, 3.8) is 0 Å². The van der Waals surface area contributed by atoms with E-state index in [-0.39, 0.29) is 0 Å². The minimum atomic E-state index is -0.394. The number of ether oxygens (including phenoxy) is 3. The number of benzene rings is 1. The van der Waals surface area contributed by atoms with Crippen molar-refractivity contribution in [1.29, 1.82) is 0 Å². The smallest absolute Gasteiger partial charge is 0.131 e. The molecule has 2 N–H and O–H groups in total. The molecule has 1 atom stereocenters. The molecule has 114 valence electrons. The Hall–Kier alpha value is -2.14. The van der Waals surface area contributed by atoms with Gasteiger partial charge >= 0.3 is 0 Å². The molecule has 0 aliphatic heterocycles. The van der Waals surface area contributed by atoms with Crippen LogP contribution in [0.1, 0.15) is 29.9 Å². The minimum absolute atomic E-state index is 0.394. The molecule has 21 heavy (non-hydrogen) atoms. The van der Waals surface area contributed by atoms with Gasteiger partial charge in [-0.1, -0.05) is 6.92 Å². The Kier molecular flexibility index (Phi) is 4.75. The number of hydrogen-bond donors (Lipinski definition) is 1. The molecule has 5 nitrogen and oxygen atoms in total. The third kappa shape index (κ3) is 2.83. The van der Waals surface area contributed by atoms with E-state index < -0.39 is 6.04 Å². The maximum atomic E-state index is 6.42. The Bertz CT molecular complexity index is 581. The van der Waals surface area contributed by atoms with Gasteiger partial charge in [0.15, 0.2) is 0 Å². The summed E-state index contributed by atoms with van der Waals surface area (Å²) in [6, 6.07) is 5.08. The number of furan rings is 1. The fraction of sp³-hybridized carbons (Fsp3) is 0.375. The Morgan fingerprint density at radius 3 is 2.19 bits per heavy atom. The van der Waals surface area contributed by atoms with E-state index in [4.69, 9.17) is 24.4 Å². The predicted molar refractivity (Wildman–Crippen MR) is 80.2 cm³/mol. The molecule has 0 amide bonds. The molecule has 2 aromatic rings. The molecular formula is C16H21NO4. The van der Waals surface area contributed by atoms with Crippen molar-refractivity contribution in [2.75, 3.05) is 21.3 Å². The van der Waals surface area contributed by atoms with Crippen molar-refractivity contribution in [2.24, 2.45) is 5.73 Å². The lowest BCUT2D eigenvalue weighted by atomic mass is 9.97. The lowest BCUT2D eigenvalue weighted by Crippen LogP contribution is -2.15. The molecule has 1 unspecified atom stereocenters. The van der Waals surface area contributed by atoms with E-state index in [9.17, 15) is 0 Å². The fourth-order valence-corrected chi connectivity index (χ4v) is 2.41. The van der Waals surface area contributed by atoms with E-state index in [0.29, 0.717) is 17.2 Å². The summed E-state index contributed by atoms with van der Waals surface area (Å²) in [5.41, 5.74) is 8.13. The number of hydrogen-bond acceptors (Lipinski definition) is 5. The summed E-state index contributed by atoms with van der Waals surface area (Å²) in [4.78, 5) is 0. The summed E-state index contributed by atoms with van der Waals surface area (Å²) >= 11 is 0. The van der Waals surface area contributed by atoms with E-state index >= 15 is 0 Å². The highest BCUT2D eigenvalue weighted by molar-refractivity contribution is 5.55. The van der Waals surface area contributed by atoms with Crippen LogP contribution in [0.4, 0.5) is 0 Å². The summed E-state index contributed by atoms with van der Waals surface area (Å²) < 4.78 is 21.6. The number of rotatable bonds is 6. The van der Waals surface area contributed by atoms with Crippen LogP contribution in [-0.2, 0) is 6.42 Å². The number of methoxy groups -OCH3 is 3. The summed E-state index contributed by atoms with van der Waals surface area (Å²) in [6.07, 6.45) is 2.42. The van der Waals surface area contributed by atoms with Gasteiger partial charge in [0.25, 0.3) is 0 Å². The first-order chi connectivity index (χ1) is 10.2. The second-order valence-corrected chi connectivity index (χ2v) is 4.58. The van der Waals surface area contributed by atoms with Crippen LogP contribution in [0.15, 0.2) is 28.9 Å². The van der Waals surface area contributed by atoms with E-state index in [1.165, 1.54) is 0 Å². The Morgan fingerprint density at radius 1 is 1.10 bits per heavy atom. The first-order valence-electron chi connectivity index (χ1n) is 6.77. The highest BCUT2D eigenvalue weighted by atomic mass is 16.5. The van der Waals surface area contributed by atoms with Gasteiger partial charge < -0.3 is 24.4 Å². The number of aryl methyl sites for hydroxylation is 1. The van der Waals surface area contributed by atoms with Gasteiger partial charge in [0.05, 0.1) is 39.2 Å². The summed E-state index contributed by atoms with van der Waals surface area (Å²) in [5.74, 6) is 2.77. The zero-order chi connectivity index (χ0) is 15.4. The standard InChI is InChI=1S/C16H21NO4/c1-5-12-11(6-7-21-12)16(17)15-13(19-3)8-10(18-2)9-14(15)20-4/h6-9,16H,5,17H2,1-4H3. The molecule has 2 rings (SSSR count). The third-order valence-corrected chi connectivity index (χ3v) is 3.50. The minimum Gasteiger partial charge on any atom is -0.496 e. The van der Waals surface area contributed by atoms with Crippen LogP contribution in [0.3, 0.4) is 0 Å². The van der Waals surface area contributed by atoms with Gasteiger partial charge in [-0.25, -0.2) is 0 Å². The normalized spacial score (nSPS) is 12.0. The zero-order valence-corrected chi connectivity index (χ0v) is 12.8. The van der Waals surface area contributed by atoms with Crippen molar-refractivity contribution in [2.45, 2.75) is 19.4 Å². The maximum absolute atomic E-state index is 6.42. The van der Waals surface area contributed by atoms with Crippen molar-refractivity contribution >= 4 is 0 Å². The molecule has 5 heteroatoms. The Labute approximate surface area is 124 Å². The van der Waals surface area contributed by atoms with Crippen molar-refractivity contribution in [1.82, 2.24) is 0 Å². The van der Waals surface area contributed by atoms with E-state index in [0.717, 1.165) is 23.3 Å². The summed E-state index contributed by atoms with van der Waals surface area (Å²) in [7, 11) is 4.79. The first-order valence-corrected chi connectivity index (χ1v) is 6.77. The topological polar surface area (TPSA) is 66.9 Å². The highest BCUT2D eigenvalue weighted by Gasteiger charge is 2.23. The van der Waals surface area contributed by atoms with Crippen molar-refractivity contribution < 1.29 is 18.6 Å². The van der Waals surface area contributed by atoms with Gasteiger partial charge in [-0.05, 0) is 6.07 Å². The molecule has 0 saturated heterocycles. The second-order valence-electron chi connectivity index (χ2n) is 4.58. The SMILES string of the molecule is CCc1occc1C(N)c1c(OC)cc(OC)cc1OC. The molecule has 0 aliphatic carbocycles. The molecule has 0 bridgehead atoms. The van der Waals surface area contributed by atoms with E-state index in [1.807, 2.05) is 13.0 Å². The molecular weight excluding hydrogens is 270 g/mol. The molecule has 0 aliphatic rings. The fourth-order valence-electron chi connectivity index (χ4n) is 2.41. The molecule has 0 saturated carbocycles. The Morgan fingerprint density at radius 2 is 1.71 bits per heavy atom. The monoisotopic (exact) mass is 291 g/mol. The van der Waals surface area contributed by atoms with Gasteiger partial charge in [-0.2, -0.15) is 0 Å². The number of nitrogens with two attached hydrogens (primary N) is 1. The van der Waals surface area contributed by atoms with Crippen LogP contribution in [-0.4, -0.2) is 21.3 Å². The largest absolute Gasteiger partial charge is 0.496 e. The predicted octanol–water partition coefficient (Wildman–Crippen LogP) is 2.92. The highest BCUT2D eigenvalue weighted by Crippen LogP contribution is 2.40. The summed E-state index contributed by atoms with van der Waals surface area (Å²) in [6.45, 7) is 2.03. The molecule has 0 radical (unpaired) electrons. The van der Waals surface area contributed by atoms with E-state index in [1.54, 1.807) is 39.7 Å². The average molecular weight is 291 g/mol. The molecule has 1 aromatic carbocycles. The quantitative estimate of drug-likeness (QED) is 0.886. The van der Waals surface area contributed by atoms with E-state index in [2.05, 4.69) is 0 Å². The lowest BCUT2D eigenvalue weighted by molar-refractivity contribution is 0.366. The zero-order valence-electron chi connectivity index (χ0n) is 12.8. The summed E-state index contributed by atoms with van der Waals surface area (Å²) in [5, 5.41) is 0. The van der Waals surface area contributed by atoms with Crippen LogP contribution in [0.25, 0.3) is 0 Å². The first kappa shape index (κ1) is 15.3. The van der Waals surface area contributed by atoms with Crippen molar-refractivity contribution in [3.05, 3.63) is 41.3 Å². The van der Waals surface area contributed by atoms with Crippen molar-refractivity contribution in [3.8, 4) is 17.2 Å². The second kappa shape index (κ2) is 6.54. The molecule has 1 heterocycles. The van der Waals surface area contributed by atoms with Crippen LogP contribution in [0.5, 0.6) is 17.2 Å². The van der Waals surface area contributed by atoms with Gasteiger partial charge in [0.2, 0.25) is 0 Å². The van der Waals surface area contributed by atoms with Crippen LogP contribution >= 0.6 is 0 Å². The lowest BCUT2D eigenvalue weighted by Gasteiger charge is -2.20. The third-order valence-electron chi connectivity index (χ3n) is 3.50. The van der Waals surface area contributed by atoms with Gasteiger partial charge in [0, 0.05) is 24.1 Å². The van der Waals surface area contributed by atoms with Crippen LogP contribution in [0, 0.1) is 0 Å². The molecule has 1 aromatic heterocycles. The van der Waals surface area contributed by atoms with Gasteiger partial charge in [0.1, 0.15) is 23.0 Å². The van der Waals surface area contributed by atoms with Gasteiger partial charge in [-0.3, -0.25) is 0 Å². The average Bonchev–Trinajstić information content (AvgIpc) is 3.01. The van der Waals surface area contributed by atoms with Crippen LogP contribution in [0.2, 0.25) is 0 Å². The molecule has 0 spiro atoms. The Balaban J connectivity index is 2.56. The van der Waals surface area contributed by atoms with Gasteiger partial charge in [-0.15, -0.1) is 0 Å². The molecule has 0 fully saturated rings. The maximum Gasteiger partial charge on any atom is 0.131 e. The van der Waals surface area contributed by atoms with Crippen LogP contribution < -0.4 is 19.9 Å².